The molecule has 0 atom stereocenters. The van der Waals surface area contributed by atoms with Gasteiger partial charge in [-0.2, -0.15) is 0 Å². The highest BCUT2D eigenvalue weighted by molar-refractivity contribution is 7.89. The number of rotatable bonds is 1. The molecule has 1 aliphatic heterocycles. The standard InChI is InChI=1S/C11H11NO4S/c1-2-12-9(7-13)11(14)8-5-3-4-6-10(8)17(12,15)16/h3-7,13H,2H2,1H3/b9-7-. The number of likely N-dealkylation sites (N-methyl/N-ethyl adjacent to an activating group) is 1. The summed E-state index contributed by atoms with van der Waals surface area (Å²) in [5.74, 6) is -0.486. The third-order valence-electron chi connectivity index (χ3n) is 2.61. The molecule has 0 fully saturated rings. The van der Waals surface area contributed by atoms with Crippen LogP contribution in [-0.4, -0.2) is 30.2 Å². The summed E-state index contributed by atoms with van der Waals surface area (Å²) in [6.07, 6.45) is 0.541. The quantitative estimate of drug-likeness (QED) is 0.604. The van der Waals surface area contributed by atoms with Crippen molar-refractivity contribution in [3.63, 3.8) is 0 Å². The Morgan fingerprint density at radius 3 is 2.59 bits per heavy atom. The Labute approximate surface area is 99.0 Å². The van der Waals surface area contributed by atoms with Crippen LogP contribution in [0.2, 0.25) is 0 Å². The van der Waals surface area contributed by atoms with Crippen molar-refractivity contribution in [3.05, 3.63) is 41.8 Å². The first-order valence-electron chi connectivity index (χ1n) is 5.05. The van der Waals surface area contributed by atoms with Crippen molar-refractivity contribution in [2.45, 2.75) is 11.8 Å². The van der Waals surface area contributed by atoms with E-state index in [-0.39, 0.29) is 22.7 Å². The molecule has 0 unspecified atom stereocenters. The Hall–Kier alpha value is -1.82. The van der Waals surface area contributed by atoms with Crippen molar-refractivity contribution in [3.8, 4) is 0 Å². The van der Waals surface area contributed by atoms with Crippen LogP contribution in [0.1, 0.15) is 17.3 Å². The van der Waals surface area contributed by atoms with Crippen LogP contribution in [0, 0.1) is 0 Å². The number of carbonyl (C=O) groups is 1. The molecule has 17 heavy (non-hydrogen) atoms. The van der Waals surface area contributed by atoms with Crippen molar-refractivity contribution in [2.75, 3.05) is 6.54 Å². The monoisotopic (exact) mass is 253 g/mol. The number of aliphatic hydroxyl groups excluding tert-OH is 1. The molecule has 1 heterocycles. The van der Waals surface area contributed by atoms with Crippen molar-refractivity contribution in [1.82, 2.24) is 4.31 Å². The van der Waals surface area contributed by atoms with Gasteiger partial charge >= 0.3 is 0 Å². The minimum atomic E-state index is -3.74. The maximum atomic E-state index is 12.2. The molecule has 0 spiro atoms. The van der Waals surface area contributed by atoms with E-state index in [4.69, 9.17) is 5.11 Å². The summed E-state index contributed by atoms with van der Waals surface area (Å²) < 4.78 is 25.2. The van der Waals surface area contributed by atoms with Crippen LogP contribution in [0.3, 0.4) is 0 Å². The number of hydrogen-bond donors (Lipinski definition) is 1. The van der Waals surface area contributed by atoms with Crippen LogP contribution < -0.4 is 0 Å². The summed E-state index contributed by atoms with van der Waals surface area (Å²) >= 11 is 0. The molecule has 0 aromatic heterocycles. The molecule has 90 valence electrons. The third-order valence-corrected chi connectivity index (χ3v) is 4.56. The second kappa shape index (κ2) is 3.89. The van der Waals surface area contributed by atoms with E-state index in [2.05, 4.69) is 0 Å². The van der Waals surface area contributed by atoms with Gasteiger partial charge in [0.2, 0.25) is 5.78 Å². The summed E-state index contributed by atoms with van der Waals surface area (Å²) in [5, 5.41) is 9.03. The minimum absolute atomic E-state index is 0.0162. The van der Waals surface area contributed by atoms with E-state index in [1.54, 1.807) is 19.1 Å². The second-order valence-corrected chi connectivity index (χ2v) is 5.34. The second-order valence-electron chi connectivity index (χ2n) is 3.51. The number of aliphatic hydroxyl groups is 1. The van der Waals surface area contributed by atoms with Gasteiger partial charge in [-0.3, -0.25) is 9.10 Å². The lowest BCUT2D eigenvalue weighted by Crippen LogP contribution is -2.38. The Morgan fingerprint density at radius 1 is 1.35 bits per heavy atom. The normalized spacial score (nSPS) is 20.4. The fourth-order valence-corrected chi connectivity index (χ4v) is 3.50. The van der Waals surface area contributed by atoms with Crippen molar-refractivity contribution < 1.29 is 18.3 Å². The molecular formula is C11H11NO4S. The van der Waals surface area contributed by atoms with Gasteiger partial charge in [-0.15, -0.1) is 0 Å². The van der Waals surface area contributed by atoms with Gasteiger partial charge in [0.1, 0.15) is 12.0 Å². The number of hydrogen-bond acceptors (Lipinski definition) is 4. The van der Waals surface area contributed by atoms with E-state index in [0.717, 1.165) is 4.31 Å². The largest absolute Gasteiger partial charge is 0.513 e. The van der Waals surface area contributed by atoms with Crippen LogP contribution >= 0.6 is 0 Å². The number of fused-ring (bicyclic) bond motifs is 1. The van der Waals surface area contributed by atoms with E-state index in [1.807, 2.05) is 0 Å². The van der Waals surface area contributed by atoms with E-state index in [1.165, 1.54) is 12.1 Å². The summed E-state index contributed by atoms with van der Waals surface area (Å²) in [5.41, 5.74) is -0.122. The fourth-order valence-electron chi connectivity index (χ4n) is 1.84. The summed E-state index contributed by atoms with van der Waals surface area (Å²) in [6.45, 7) is 1.69. The highest BCUT2D eigenvalue weighted by Gasteiger charge is 2.38. The Kier molecular flexibility index (Phi) is 2.66. The first kappa shape index (κ1) is 11.7. The van der Waals surface area contributed by atoms with Crippen molar-refractivity contribution in [1.29, 1.82) is 0 Å². The molecule has 1 aromatic carbocycles. The topological polar surface area (TPSA) is 74.7 Å². The van der Waals surface area contributed by atoms with Gasteiger partial charge in [0.05, 0.1) is 4.90 Å². The molecule has 1 N–H and O–H groups in total. The number of carbonyl (C=O) groups excluding carboxylic acids is 1. The van der Waals surface area contributed by atoms with Crippen LogP contribution in [0.15, 0.2) is 41.1 Å². The number of allylic oxidation sites excluding steroid dienone is 1. The van der Waals surface area contributed by atoms with Crippen LogP contribution in [-0.2, 0) is 10.0 Å². The molecule has 0 aliphatic carbocycles. The van der Waals surface area contributed by atoms with E-state index < -0.39 is 15.8 Å². The maximum absolute atomic E-state index is 12.2. The van der Waals surface area contributed by atoms with E-state index in [0.29, 0.717) is 6.26 Å². The van der Waals surface area contributed by atoms with Gasteiger partial charge in [-0.05, 0) is 19.1 Å². The molecule has 0 saturated carbocycles. The van der Waals surface area contributed by atoms with Gasteiger partial charge in [-0.1, -0.05) is 12.1 Å². The van der Waals surface area contributed by atoms with Crippen molar-refractivity contribution in [2.24, 2.45) is 0 Å². The third kappa shape index (κ3) is 1.52. The number of Topliss-reactive ketones (excluding diaryl/α,β-unsaturated/α-hetero) is 1. The first-order valence-corrected chi connectivity index (χ1v) is 6.49. The number of ketones is 1. The smallest absolute Gasteiger partial charge is 0.265 e. The average Bonchev–Trinajstić information content (AvgIpc) is 2.33. The number of nitrogens with zero attached hydrogens (tertiary/aromatic N) is 1. The molecule has 0 radical (unpaired) electrons. The fraction of sp³-hybridized carbons (Fsp3) is 0.182. The Morgan fingerprint density at radius 2 is 2.00 bits per heavy atom. The lowest BCUT2D eigenvalue weighted by Gasteiger charge is -2.29. The van der Waals surface area contributed by atoms with Crippen LogP contribution in [0.5, 0.6) is 0 Å². The summed E-state index contributed by atoms with van der Waals surface area (Å²) in [4.78, 5) is 12.0. The van der Waals surface area contributed by atoms with Gasteiger partial charge < -0.3 is 5.11 Å². The summed E-state index contributed by atoms with van der Waals surface area (Å²) in [7, 11) is -3.74. The maximum Gasteiger partial charge on any atom is 0.265 e. The molecule has 0 bridgehead atoms. The van der Waals surface area contributed by atoms with Crippen LogP contribution in [0.25, 0.3) is 0 Å². The molecule has 0 amide bonds. The summed E-state index contributed by atoms with van der Waals surface area (Å²) in [6, 6.07) is 5.97. The first-order chi connectivity index (χ1) is 8.04. The van der Waals surface area contributed by atoms with Gasteiger partial charge in [-0.25, -0.2) is 8.42 Å². The number of sulfonamides is 1. The van der Waals surface area contributed by atoms with Gasteiger partial charge in [0, 0.05) is 12.1 Å². The van der Waals surface area contributed by atoms with E-state index >= 15 is 0 Å². The Bertz CT molecular complexity index is 604. The van der Waals surface area contributed by atoms with Gasteiger partial charge in [0.25, 0.3) is 10.0 Å². The predicted molar refractivity (Wildman–Crippen MR) is 61.1 cm³/mol. The highest BCUT2D eigenvalue weighted by Crippen LogP contribution is 2.31. The predicted octanol–water partition coefficient (Wildman–Crippen LogP) is 1.29. The molecule has 2 rings (SSSR count). The molecule has 1 aromatic rings. The lowest BCUT2D eigenvalue weighted by molar-refractivity contribution is 0.0997. The molecular weight excluding hydrogens is 242 g/mol. The van der Waals surface area contributed by atoms with Crippen molar-refractivity contribution >= 4 is 15.8 Å². The zero-order valence-electron chi connectivity index (χ0n) is 9.12. The average molecular weight is 253 g/mol. The number of benzene rings is 1. The highest BCUT2D eigenvalue weighted by atomic mass is 32.2. The van der Waals surface area contributed by atoms with E-state index in [9.17, 15) is 13.2 Å². The lowest BCUT2D eigenvalue weighted by atomic mass is 10.1. The zero-order valence-corrected chi connectivity index (χ0v) is 9.94. The molecule has 6 heteroatoms. The molecule has 0 saturated heterocycles. The minimum Gasteiger partial charge on any atom is -0.513 e. The van der Waals surface area contributed by atoms with Gasteiger partial charge in [0.15, 0.2) is 0 Å². The molecule has 1 aliphatic rings. The van der Waals surface area contributed by atoms with Crippen LogP contribution in [0.4, 0.5) is 0 Å². The zero-order chi connectivity index (χ0) is 12.6. The Balaban J connectivity index is 2.80. The molecule has 5 nitrogen and oxygen atoms in total. The SMILES string of the molecule is CCN1/C(=C\O)C(=O)c2ccccc2S1(=O)=O.